The number of anilines is 1. The Morgan fingerprint density at radius 3 is 2.55 bits per heavy atom. The van der Waals surface area contributed by atoms with Crippen LogP contribution in [0.4, 0.5) is 5.69 Å². The van der Waals surface area contributed by atoms with Crippen molar-refractivity contribution >= 4 is 22.6 Å². The average molecular weight is 456 g/mol. The second-order valence-corrected chi connectivity index (χ2v) is 8.42. The molecule has 0 aromatic carbocycles. The fourth-order valence-corrected chi connectivity index (χ4v) is 4.32. The minimum absolute atomic E-state index is 0.0625. The molecule has 11 nitrogen and oxygen atoms in total. The van der Waals surface area contributed by atoms with E-state index in [-0.39, 0.29) is 24.4 Å². The quantitative estimate of drug-likeness (QED) is 0.549. The molecular formula is C22H29N7O4. The molecule has 2 fully saturated rings. The van der Waals surface area contributed by atoms with Crippen LogP contribution in [0.1, 0.15) is 38.4 Å². The molecule has 3 aromatic rings. The van der Waals surface area contributed by atoms with Gasteiger partial charge >= 0.3 is 0 Å². The van der Waals surface area contributed by atoms with Gasteiger partial charge in [0.2, 0.25) is 5.91 Å². The number of nitrogens with zero attached hydrogens (tertiary/aromatic N) is 5. The van der Waals surface area contributed by atoms with E-state index in [1.807, 2.05) is 17.8 Å². The van der Waals surface area contributed by atoms with Crippen molar-refractivity contribution < 1.29 is 18.8 Å². The summed E-state index contributed by atoms with van der Waals surface area (Å²) in [5.41, 5.74) is 2.37. The third-order valence-electron chi connectivity index (χ3n) is 6.14. The highest BCUT2D eigenvalue weighted by Gasteiger charge is 2.23. The first-order valence-corrected chi connectivity index (χ1v) is 11.6. The number of rotatable bonds is 7. The van der Waals surface area contributed by atoms with Crippen LogP contribution in [0.5, 0.6) is 0 Å². The molecule has 33 heavy (non-hydrogen) atoms. The van der Waals surface area contributed by atoms with Gasteiger partial charge < -0.3 is 24.6 Å². The van der Waals surface area contributed by atoms with Crippen LogP contribution in [0.2, 0.25) is 0 Å². The Morgan fingerprint density at radius 2 is 1.82 bits per heavy atom. The fraction of sp³-hybridized carbons (Fsp3) is 0.591. The fourth-order valence-electron chi connectivity index (χ4n) is 4.32. The highest BCUT2D eigenvalue weighted by molar-refractivity contribution is 5.96. The van der Waals surface area contributed by atoms with E-state index in [4.69, 9.17) is 14.0 Å². The minimum atomic E-state index is -0.118. The number of hydrogen-bond acceptors (Lipinski definition) is 9. The number of pyridine rings is 1. The maximum absolute atomic E-state index is 12.4. The minimum Gasteiger partial charge on any atom is -0.381 e. The summed E-state index contributed by atoms with van der Waals surface area (Å²) in [6.07, 6.45) is 7.07. The van der Waals surface area contributed by atoms with Crippen molar-refractivity contribution in [2.45, 2.75) is 57.7 Å². The molecule has 2 N–H and O–H groups in total. The average Bonchev–Trinajstić information content (AvgIpc) is 3.47. The second-order valence-electron chi connectivity index (χ2n) is 8.42. The molecule has 1 amide bonds. The molecule has 2 aliphatic heterocycles. The third-order valence-corrected chi connectivity index (χ3v) is 6.14. The van der Waals surface area contributed by atoms with Crippen LogP contribution in [0.3, 0.4) is 0 Å². The molecule has 0 aliphatic carbocycles. The largest absolute Gasteiger partial charge is 0.381 e. The molecular weight excluding hydrogens is 426 g/mol. The zero-order valence-electron chi connectivity index (χ0n) is 18.7. The van der Waals surface area contributed by atoms with E-state index in [1.54, 1.807) is 6.20 Å². The zero-order valence-corrected chi connectivity index (χ0v) is 18.7. The Morgan fingerprint density at radius 1 is 1.09 bits per heavy atom. The monoisotopic (exact) mass is 455 g/mol. The SMILES string of the molecule is CCn1ncc2c(NC3CCOCC3)c(-c3nc(CC(=O)NC4CCOCC4)no3)cnc21. The van der Waals surface area contributed by atoms with Crippen molar-refractivity contribution in [2.24, 2.45) is 0 Å². The van der Waals surface area contributed by atoms with Crippen LogP contribution >= 0.6 is 0 Å². The zero-order chi connectivity index (χ0) is 22.6. The molecule has 0 unspecified atom stereocenters. The lowest BCUT2D eigenvalue weighted by Crippen LogP contribution is -2.39. The van der Waals surface area contributed by atoms with Crippen molar-refractivity contribution in [3.05, 3.63) is 18.2 Å². The smallest absolute Gasteiger partial charge is 0.261 e. The Bertz CT molecular complexity index is 1100. The summed E-state index contributed by atoms with van der Waals surface area (Å²) in [5, 5.41) is 16.1. The molecule has 2 saturated heterocycles. The van der Waals surface area contributed by atoms with E-state index in [0.717, 1.165) is 62.2 Å². The van der Waals surface area contributed by atoms with Gasteiger partial charge in [-0.15, -0.1) is 0 Å². The van der Waals surface area contributed by atoms with Crippen molar-refractivity contribution in [3.63, 3.8) is 0 Å². The van der Waals surface area contributed by atoms with Crippen molar-refractivity contribution in [1.82, 2.24) is 30.2 Å². The lowest BCUT2D eigenvalue weighted by molar-refractivity contribution is -0.121. The lowest BCUT2D eigenvalue weighted by Gasteiger charge is -2.25. The van der Waals surface area contributed by atoms with Crippen LogP contribution < -0.4 is 10.6 Å². The number of carbonyl (C=O) groups is 1. The van der Waals surface area contributed by atoms with Crippen LogP contribution in [0.15, 0.2) is 16.9 Å². The van der Waals surface area contributed by atoms with Gasteiger partial charge in [0.25, 0.3) is 5.89 Å². The molecule has 0 atom stereocenters. The number of aromatic nitrogens is 5. The number of nitrogens with one attached hydrogen (secondary N) is 2. The maximum Gasteiger partial charge on any atom is 0.261 e. The third kappa shape index (κ3) is 4.83. The van der Waals surface area contributed by atoms with Gasteiger partial charge in [0, 0.05) is 51.3 Å². The number of amides is 1. The molecule has 0 radical (unpaired) electrons. The first kappa shape index (κ1) is 21.8. The Balaban J connectivity index is 1.39. The van der Waals surface area contributed by atoms with Crippen molar-refractivity contribution in [2.75, 3.05) is 31.7 Å². The number of fused-ring (bicyclic) bond motifs is 1. The normalized spacial score (nSPS) is 18.0. The molecule has 3 aromatic heterocycles. The van der Waals surface area contributed by atoms with E-state index in [2.05, 4.69) is 30.9 Å². The van der Waals surface area contributed by atoms with E-state index in [1.165, 1.54) is 0 Å². The molecule has 5 rings (SSSR count). The Kier molecular flexibility index (Phi) is 6.49. The van der Waals surface area contributed by atoms with E-state index >= 15 is 0 Å². The predicted molar refractivity (Wildman–Crippen MR) is 120 cm³/mol. The first-order valence-electron chi connectivity index (χ1n) is 11.6. The molecule has 11 heteroatoms. The Labute approximate surface area is 191 Å². The van der Waals surface area contributed by atoms with Gasteiger partial charge in [-0.3, -0.25) is 4.79 Å². The summed E-state index contributed by atoms with van der Waals surface area (Å²) in [6, 6.07) is 0.398. The molecule has 2 aliphatic rings. The topological polar surface area (TPSA) is 129 Å². The van der Waals surface area contributed by atoms with Crippen LogP contribution in [-0.4, -0.2) is 69.3 Å². The number of hydrogen-bond donors (Lipinski definition) is 2. The summed E-state index contributed by atoms with van der Waals surface area (Å²) in [7, 11) is 0. The van der Waals surface area contributed by atoms with Gasteiger partial charge in [-0.1, -0.05) is 5.16 Å². The second kappa shape index (κ2) is 9.84. The first-order chi connectivity index (χ1) is 16.2. The summed E-state index contributed by atoms with van der Waals surface area (Å²) >= 11 is 0. The predicted octanol–water partition coefficient (Wildman–Crippen LogP) is 1.93. The van der Waals surface area contributed by atoms with E-state index in [0.29, 0.717) is 30.5 Å². The standard InChI is InChI=1S/C22H29N7O4/c1-2-29-21-16(13-24-29)20(26-15-5-9-32-10-6-15)17(12-23-21)22-27-18(28-33-22)11-19(30)25-14-3-7-31-8-4-14/h12-15H,2-11H2,1H3,(H,23,26)(H,25,30). The molecule has 0 bridgehead atoms. The highest BCUT2D eigenvalue weighted by atomic mass is 16.5. The summed E-state index contributed by atoms with van der Waals surface area (Å²) in [6.45, 7) is 5.54. The van der Waals surface area contributed by atoms with Gasteiger partial charge in [-0.2, -0.15) is 10.1 Å². The van der Waals surface area contributed by atoms with Crippen LogP contribution in [-0.2, 0) is 27.2 Å². The molecule has 0 spiro atoms. The van der Waals surface area contributed by atoms with Gasteiger partial charge in [0.05, 0.1) is 29.3 Å². The van der Waals surface area contributed by atoms with Gasteiger partial charge in [0.15, 0.2) is 11.5 Å². The van der Waals surface area contributed by atoms with Gasteiger partial charge in [-0.25, -0.2) is 9.67 Å². The van der Waals surface area contributed by atoms with Crippen molar-refractivity contribution in [3.8, 4) is 11.5 Å². The van der Waals surface area contributed by atoms with E-state index in [9.17, 15) is 4.79 Å². The van der Waals surface area contributed by atoms with Crippen LogP contribution in [0.25, 0.3) is 22.5 Å². The molecule has 5 heterocycles. The van der Waals surface area contributed by atoms with Gasteiger partial charge in [-0.05, 0) is 32.6 Å². The van der Waals surface area contributed by atoms with Gasteiger partial charge in [0.1, 0.15) is 0 Å². The number of aryl methyl sites for hydroxylation is 1. The highest BCUT2D eigenvalue weighted by Crippen LogP contribution is 2.34. The molecule has 176 valence electrons. The molecule has 0 saturated carbocycles. The lowest BCUT2D eigenvalue weighted by atomic mass is 10.1. The summed E-state index contributed by atoms with van der Waals surface area (Å²) in [5.74, 6) is 0.556. The summed E-state index contributed by atoms with van der Waals surface area (Å²) in [4.78, 5) is 21.6. The van der Waals surface area contributed by atoms with E-state index < -0.39 is 0 Å². The Hall–Kier alpha value is -3.05. The van der Waals surface area contributed by atoms with Crippen molar-refractivity contribution in [1.29, 1.82) is 0 Å². The summed E-state index contributed by atoms with van der Waals surface area (Å²) < 4.78 is 18.3. The maximum atomic E-state index is 12.4. The van der Waals surface area contributed by atoms with Crippen LogP contribution in [0, 0.1) is 0 Å². The number of ether oxygens (including phenoxy) is 2. The number of carbonyl (C=O) groups excluding carboxylic acids is 1.